The highest BCUT2D eigenvalue weighted by molar-refractivity contribution is 6.17. The molecule has 0 aliphatic heterocycles. The van der Waals surface area contributed by atoms with Gasteiger partial charge in [-0.2, -0.15) is 0 Å². The van der Waals surface area contributed by atoms with Crippen LogP contribution in [-0.2, 0) is 5.41 Å². The largest absolute Gasteiger partial charge is 0.456 e. The Hall–Kier alpha value is -6.58. The summed E-state index contributed by atoms with van der Waals surface area (Å²) in [6.07, 6.45) is 0. The van der Waals surface area contributed by atoms with Crippen LogP contribution in [0.15, 0.2) is 173 Å². The van der Waals surface area contributed by atoms with Gasteiger partial charge in [0.2, 0.25) is 0 Å². The summed E-state index contributed by atoms with van der Waals surface area (Å²) in [5.74, 6) is 0. The maximum Gasteiger partial charge on any atom is 0.143 e. The van der Waals surface area contributed by atoms with E-state index in [1.165, 1.54) is 27.6 Å². The molecule has 52 heavy (non-hydrogen) atoms. The average molecular weight is 668 g/mol. The Labute approximate surface area is 301 Å². The van der Waals surface area contributed by atoms with E-state index >= 15 is 0 Å². The first kappa shape index (κ1) is 29.2. The Morgan fingerprint density at radius 3 is 2.00 bits per heavy atom. The van der Waals surface area contributed by atoms with Gasteiger partial charge in [0, 0.05) is 43.8 Å². The van der Waals surface area contributed by atoms with Crippen molar-refractivity contribution in [3.8, 4) is 22.3 Å². The van der Waals surface area contributed by atoms with Crippen molar-refractivity contribution in [3.63, 3.8) is 0 Å². The van der Waals surface area contributed by atoms with Gasteiger partial charge in [0.05, 0.1) is 16.8 Å². The van der Waals surface area contributed by atoms with E-state index in [-0.39, 0.29) is 5.41 Å². The van der Waals surface area contributed by atoms with Gasteiger partial charge in [-0.25, -0.2) is 0 Å². The molecule has 0 N–H and O–H groups in total. The summed E-state index contributed by atoms with van der Waals surface area (Å²) < 4.78 is 13.2. The zero-order valence-corrected chi connectivity index (χ0v) is 28.9. The van der Waals surface area contributed by atoms with Gasteiger partial charge in [-0.3, -0.25) is 0 Å². The number of hydrogen-bond donors (Lipinski definition) is 0. The van der Waals surface area contributed by atoms with Crippen LogP contribution in [-0.4, -0.2) is 0 Å². The molecule has 246 valence electrons. The minimum absolute atomic E-state index is 0.123. The van der Waals surface area contributed by atoms with Crippen molar-refractivity contribution < 1.29 is 8.83 Å². The van der Waals surface area contributed by atoms with Gasteiger partial charge in [-0.05, 0) is 70.1 Å². The van der Waals surface area contributed by atoms with Crippen molar-refractivity contribution in [2.45, 2.75) is 19.3 Å². The van der Waals surface area contributed by atoms with Crippen LogP contribution in [0.3, 0.4) is 0 Å². The molecule has 3 heteroatoms. The zero-order valence-electron chi connectivity index (χ0n) is 28.9. The summed E-state index contributed by atoms with van der Waals surface area (Å²) in [6, 6.07) is 58.7. The Morgan fingerprint density at radius 2 is 1.10 bits per heavy atom. The molecule has 0 fully saturated rings. The molecule has 0 spiro atoms. The summed E-state index contributed by atoms with van der Waals surface area (Å²) >= 11 is 0. The molecular formula is C49H33NO2. The third-order valence-corrected chi connectivity index (χ3v) is 11.3. The zero-order chi connectivity index (χ0) is 34.6. The molecule has 0 amide bonds. The van der Waals surface area contributed by atoms with Crippen molar-refractivity contribution in [2.24, 2.45) is 0 Å². The lowest BCUT2D eigenvalue weighted by molar-refractivity contribution is 0.660. The quantitative estimate of drug-likeness (QED) is 0.187. The van der Waals surface area contributed by atoms with Gasteiger partial charge in [-0.15, -0.1) is 0 Å². The van der Waals surface area contributed by atoms with Crippen molar-refractivity contribution in [3.05, 3.63) is 175 Å². The van der Waals surface area contributed by atoms with Crippen molar-refractivity contribution in [2.75, 3.05) is 4.90 Å². The van der Waals surface area contributed by atoms with Gasteiger partial charge >= 0.3 is 0 Å². The number of hydrogen-bond acceptors (Lipinski definition) is 3. The van der Waals surface area contributed by atoms with Crippen LogP contribution in [0, 0.1) is 0 Å². The molecule has 11 rings (SSSR count). The number of benzene rings is 8. The van der Waals surface area contributed by atoms with Crippen LogP contribution in [0.4, 0.5) is 17.1 Å². The number of anilines is 3. The summed E-state index contributed by atoms with van der Waals surface area (Å²) in [5, 5.41) is 6.79. The molecule has 0 atom stereocenters. The molecule has 1 aliphatic rings. The average Bonchev–Trinajstić information content (AvgIpc) is 3.84. The summed E-state index contributed by atoms with van der Waals surface area (Å²) in [6.45, 7) is 4.68. The molecule has 2 heterocycles. The van der Waals surface area contributed by atoms with Crippen LogP contribution in [0.5, 0.6) is 0 Å². The van der Waals surface area contributed by atoms with E-state index in [2.05, 4.69) is 176 Å². The Morgan fingerprint density at radius 1 is 0.442 bits per heavy atom. The summed E-state index contributed by atoms with van der Waals surface area (Å²) in [4.78, 5) is 2.43. The molecule has 1 aliphatic carbocycles. The van der Waals surface area contributed by atoms with Crippen molar-refractivity contribution >= 4 is 71.7 Å². The molecule has 8 aromatic carbocycles. The van der Waals surface area contributed by atoms with Gasteiger partial charge < -0.3 is 13.7 Å². The normalized spacial score (nSPS) is 13.3. The van der Waals surface area contributed by atoms with E-state index in [0.29, 0.717) is 0 Å². The maximum atomic E-state index is 6.73. The smallest absolute Gasteiger partial charge is 0.143 e. The second kappa shape index (κ2) is 10.7. The molecule has 0 radical (unpaired) electrons. The number of furan rings is 2. The monoisotopic (exact) mass is 667 g/mol. The Balaban J connectivity index is 1.14. The number of fused-ring (bicyclic) bond motifs is 11. The van der Waals surface area contributed by atoms with Crippen LogP contribution in [0.1, 0.15) is 25.0 Å². The second-order valence-electron chi connectivity index (χ2n) is 14.4. The van der Waals surface area contributed by atoms with E-state index in [0.717, 1.165) is 77.5 Å². The van der Waals surface area contributed by atoms with E-state index in [9.17, 15) is 0 Å². The molecule has 0 saturated carbocycles. The van der Waals surface area contributed by atoms with E-state index in [1.54, 1.807) is 0 Å². The highest BCUT2D eigenvalue weighted by atomic mass is 16.3. The SMILES string of the molecule is CC1(C)c2ccccc2-c2c(N(c3ccc(-c4cccc5c4oc4c6ccccc6ccc54)cc3)c3cccc4oc5ccccc5c34)cccc21. The summed E-state index contributed by atoms with van der Waals surface area (Å²) in [5.41, 5.74) is 14.2. The van der Waals surface area contributed by atoms with Crippen LogP contribution in [0.25, 0.3) is 76.9 Å². The molecule has 10 aromatic rings. The number of para-hydroxylation sites is 2. The predicted molar refractivity (Wildman–Crippen MR) is 216 cm³/mol. The maximum absolute atomic E-state index is 6.73. The Bertz CT molecular complexity index is 3050. The first-order valence-corrected chi connectivity index (χ1v) is 17.9. The molecule has 0 saturated heterocycles. The minimum Gasteiger partial charge on any atom is -0.456 e. The van der Waals surface area contributed by atoms with E-state index < -0.39 is 0 Å². The van der Waals surface area contributed by atoms with Crippen LogP contribution in [0.2, 0.25) is 0 Å². The number of nitrogens with zero attached hydrogens (tertiary/aromatic N) is 1. The van der Waals surface area contributed by atoms with Crippen molar-refractivity contribution in [1.29, 1.82) is 0 Å². The first-order valence-electron chi connectivity index (χ1n) is 17.9. The highest BCUT2D eigenvalue weighted by Crippen LogP contribution is 2.55. The standard InChI is InChI=1S/C49H33NO2/c1-49(2)39-18-7-5-14-37(39)45-40(49)19-10-20-41(45)50(42-21-11-23-44-46(42)38-15-6-8-22-43(38)51-44)32-27-24-31(25-28-32)34-16-9-17-35-36-29-26-30-12-3-4-13-33(30)48(36)52-47(34)35/h3-29H,1-2H3. The molecular weight excluding hydrogens is 635 g/mol. The van der Waals surface area contributed by atoms with Crippen LogP contribution < -0.4 is 4.90 Å². The lowest BCUT2D eigenvalue weighted by Gasteiger charge is -2.29. The lowest BCUT2D eigenvalue weighted by Crippen LogP contribution is -2.16. The highest BCUT2D eigenvalue weighted by Gasteiger charge is 2.38. The van der Waals surface area contributed by atoms with Gasteiger partial charge in [-0.1, -0.05) is 135 Å². The fourth-order valence-corrected chi connectivity index (χ4v) is 8.82. The van der Waals surface area contributed by atoms with E-state index in [4.69, 9.17) is 8.83 Å². The van der Waals surface area contributed by atoms with Gasteiger partial charge in [0.25, 0.3) is 0 Å². The molecule has 0 bridgehead atoms. The Kier molecular flexibility index (Phi) is 6.01. The lowest BCUT2D eigenvalue weighted by atomic mass is 9.82. The fourth-order valence-electron chi connectivity index (χ4n) is 8.82. The summed E-state index contributed by atoms with van der Waals surface area (Å²) in [7, 11) is 0. The minimum atomic E-state index is -0.123. The van der Waals surface area contributed by atoms with Crippen LogP contribution >= 0.6 is 0 Å². The predicted octanol–water partition coefficient (Wildman–Crippen LogP) is 14.1. The van der Waals surface area contributed by atoms with Gasteiger partial charge in [0.1, 0.15) is 22.3 Å². The molecule has 0 unspecified atom stereocenters. The van der Waals surface area contributed by atoms with E-state index in [1.807, 2.05) is 6.07 Å². The molecule has 2 aromatic heterocycles. The second-order valence-corrected chi connectivity index (χ2v) is 14.4. The first-order chi connectivity index (χ1) is 25.6. The topological polar surface area (TPSA) is 29.5 Å². The third-order valence-electron chi connectivity index (χ3n) is 11.3. The number of rotatable bonds is 4. The van der Waals surface area contributed by atoms with Crippen molar-refractivity contribution in [1.82, 2.24) is 0 Å². The molecule has 3 nitrogen and oxygen atoms in total. The van der Waals surface area contributed by atoms with Gasteiger partial charge in [0.15, 0.2) is 0 Å². The third kappa shape index (κ3) is 4.02. The fraction of sp³-hybridized carbons (Fsp3) is 0.0612.